The van der Waals surface area contributed by atoms with Gasteiger partial charge in [-0.25, -0.2) is 14.3 Å². The van der Waals surface area contributed by atoms with Crippen LogP contribution in [0.15, 0.2) is 73.1 Å². The number of piperazine rings is 1. The molecule has 0 radical (unpaired) electrons. The van der Waals surface area contributed by atoms with Crippen LogP contribution in [-0.4, -0.2) is 63.3 Å². The van der Waals surface area contributed by atoms with Crippen molar-refractivity contribution in [2.24, 2.45) is 0 Å². The molecular formula is C30H30N6O3. The Balaban J connectivity index is 1.30. The van der Waals surface area contributed by atoms with Gasteiger partial charge >= 0.3 is 6.09 Å². The summed E-state index contributed by atoms with van der Waals surface area (Å²) in [7, 11) is 0. The van der Waals surface area contributed by atoms with Gasteiger partial charge in [0.15, 0.2) is 5.65 Å². The number of nitrogens with zero attached hydrogens (tertiary/aromatic N) is 5. The third kappa shape index (κ3) is 6.18. The van der Waals surface area contributed by atoms with Crippen molar-refractivity contribution >= 4 is 29.0 Å². The predicted octanol–water partition coefficient (Wildman–Crippen LogP) is 4.44. The predicted molar refractivity (Wildman–Crippen MR) is 150 cm³/mol. The van der Waals surface area contributed by atoms with E-state index in [0.717, 1.165) is 11.3 Å². The molecule has 1 saturated heterocycles. The first-order valence-corrected chi connectivity index (χ1v) is 12.8. The molecule has 1 N–H and O–H groups in total. The highest BCUT2D eigenvalue weighted by Crippen LogP contribution is 2.27. The van der Waals surface area contributed by atoms with E-state index in [9.17, 15) is 9.59 Å². The zero-order valence-corrected chi connectivity index (χ0v) is 22.2. The third-order valence-electron chi connectivity index (χ3n) is 6.14. The number of nitrogens with one attached hydrogen (secondary N) is 1. The average Bonchev–Trinajstić information content (AvgIpc) is 3.34. The van der Waals surface area contributed by atoms with E-state index in [1.807, 2.05) is 75.4 Å². The monoisotopic (exact) mass is 522 g/mol. The molecule has 0 aliphatic carbocycles. The Morgan fingerprint density at radius 1 is 0.923 bits per heavy atom. The number of para-hydroxylation sites is 2. The van der Waals surface area contributed by atoms with Gasteiger partial charge in [-0.05, 0) is 51.1 Å². The highest BCUT2D eigenvalue weighted by Gasteiger charge is 2.27. The molecule has 1 aliphatic heterocycles. The van der Waals surface area contributed by atoms with Crippen LogP contribution in [0.1, 0.15) is 42.4 Å². The summed E-state index contributed by atoms with van der Waals surface area (Å²) in [6, 6.07) is 18.9. The van der Waals surface area contributed by atoms with Crippen LogP contribution in [0, 0.1) is 11.8 Å². The molecule has 39 heavy (non-hydrogen) atoms. The van der Waals surface area contributed by atoms with E-state index in [1.54, 1.807) is 27.9 Å². The fraction of sp³-hybridized carbons (Fsp3) is 0.267. The summed E-state index contributed by atoms with van der Waals surface area (Å²) in [5.74, 6) is 5.88. The van der Waals surface area contributed by atoms with Crippen LogP contribution in [0.4, 0.5) is 16.2 Å². The number of rotatable bonds is 3. The van der Waals surface area contributed by atoms with Gasteiger partial charge in [-0.15, -0.1) is 0 Å². The number of ether oxygens (including phenoxy) is 1. The summed E-state index contributed by atoms with van der Waals surface area (Å²) in [6.07, 6.45) is 3.04. The van der Waals surface area contributed by atoms with Crippen LogP contribution in [0.2, 0.25) is 0 Å². The molecule has 4 aromatic rings. The maximum absolute atomic E-state index is 13.3. The maximum Gasteiger partial charge on any atom is 0.410 e. The van der Waals surface area contributed by atoms with Crippen LogP contribution in [-0.2, 0) is 4.74 Å². The molecule has 0 atom stereocenters. The molecule has 2 amide bonds. The largest absolute Gasteiger partial charge is 0.444 e. The summed E-state index contributed by atoms with van der Waals surface area (Å²) < 4.78 is 7.11. The Bertz CT molecular complexity index is 1550. The normalized spacial score (nSPS) is 13.5. The molecule has 5 rings (SSSR count). The molecule has 9 heteroatoms. The number of aromatic nitrogens is 3. The van der Waals surface area contributed by atoms with E-state index in [4.69, 9.17) is 4.74 Å². The molecule has 3 heterocycles. The maximum atomic E-state index is 13.3. The first-order valence-electron chi connectivity index (χ1n) is 12.8. The molecule has 198 valence electrons. The number of hydrogen-bond donors (Lipinski definition) is 1. The molecule has 0 unspecified atom stereocenters. The summed E-state index contributed by atoms with van der Waals surface area (Å²) >= 11 is 0. The third-order valence-corrected chi connectivity index (χ3v) is 6.14. The molecule has 1 fully saturated rings. The fourth-order valence-corrected chi connectivity index (χ4v) is 4.24. The zero-order chi connectivity index (χ0) is 27.4. The quantitative estimate of drug-likeness (QED) is 0.400. The molecule has 9 nitrogen and oxygen atoms in total. The Labute approximate surface area is 227 Å². The Hall–Kier alpha value is -4.84. The zero-order valence-electron chi connectivity index (χ0n) is 22.2. The molecule has 0 saturated carbocycles. The van der Waals surface area contributed by atoms with E-state index < -0.39 is 5.60 Å². The van der Waals surface area contributed by atoms with Gasteiger partial charge in [0.05, 0.1) is 23.1 Å². The smallest absolute Gasteiger partial charge is 0.410 e. The van der Waals surface area contributed by atoms with E-state index in [-0.39, 0.29) is 17.7 Å². The Kier molecular flexibility index (Phi) is 7.19. The lowest BCUT2D eigenvalue weighted by atomic mass is 10.2. The van der Waals surface area contributed by atoms with Crippen LogP contribution < -0.4 is 10.2 Å². The van der Waals surface area contributed by atoms with Crippen molar-refractivity contribution in [1.29, 1.82) is 0 Å². The van der Waals surface area contributed by atoms with E-state index in [1.165, 1.54) is 0 Å². The second-order valence-corrected chi connectivity index (χ2v) is 10.2. The van der Waals surface area contributed by atoms with Crippen LogP contribution in [0.3, 0.4) is 0 Å². The van der Waals surface area contributed by atoms with Crippen molar-refractivity contribution in [3.8, 4) is 11.8 Å². The van der Waals surface area contributed by atoms with Gasteiger partial charge in [-0.1, -0.05) is 42.2 Å². The van der Waals surface area contributed by atoms with Gasteiger partial charge in [-0.3, -0.25) is 4.79 Å². The number of carbonyl (C=O) groups excluding carboxylic acids is 2. The second kappa shape index (κ2) is 10.9. The SMILES string of the molecule is CC(C)(C)OC(=O)N1CCN(c2ccccc2NC(=O)c2ccn3ncc(C#Cc4ccccc4)c3n2)CC1. The minimum atomic E-state index is -0.533. The number of benzene rings is 2. The van der Waals surface area contributed by atoms with Gasteiger partial charge in [-0.2, -0.15) is 5.10 Å². The van der Waals surface area contributed by atoms with Gasteiger partial charge in [0.2, 0.25) is 0 Å². The first kappa shape index (κ1) is 25.8. The molecule has 2 aromatic heterocycles. The van der Waals surface area contributed by atoms with Crippen molar-refractivity contribution in [2.45, 2.75) is 26.4 Å². The van der Waals surface area contributed by atoms with E-state index in [0.29, 0.717) is 43.1 Å². The van der Waals surface area contributed by atoms with Crippen molar-refractivity contribution in [2.75, 3.05) is 36.4 Å². The number of amides is 2. The number of fused-ring (bicyclic) bond motifs is 1. The second-order valence-electron chi connectivity index (χ2n) is 10.2. The van der Waals surface area contributed by atoms with Crippen LogP contribution >= 0.6 is 0 Å². The lowest BCUT2D eigenvalue weighted by molar-refractivity contribution is 0.0240. The molecule has 0 bridgehead atoms. The van der Waals surface area contributed by atoms with Gasteiger partial charge in [0, 0.05) is 37.9 Å². The van der Waals surface area contributed by atoms with Gasteiger partial charge in [0.25, 0.3) is 5.91 Å². The van der Waals surface area contributed by atoms with Crippen molar-refractivity contribution < 1.29 is 14.3 Å². The van der Waals surface area contributed by atoms with Crippen molar-refractivity contribution in [3.63, 3.8) is 0 Å². The Morgan fingerprint density at radius 3 is 2.38 bits per heavy atom. The molecular weight excluding hydrogens is 492 g/mol. The van der Waals surface area contributed by atoms with Gasteiger partial charge in [0.1, 0.15) is 11.3 Å². The van der Waals surface area contributed by atoms with Crippen LogP contribution in [0.5, 0.6) is 0 Å². The topological polar surface area (TPSA) is 92.1 Å². The molecule has 1 aliphatic rings. The molecule has 2 aromatic carbocycles. The summed E-state index contributed by atoms with van der Waals surface area (Å²) in [6.45, 7) is 7.88. The summed E-state index contributed by atoms with van der Waals surface area (Å²) in [4.78, 5) is 34.1. The van der Waals surface area contributed by atoms with Gasteiger partial charge < -0.3 is 19.9 Å². The number of hydrogen-bond acceptors (Lipinski definition) is 6. The van der Waals surface area contributed by atoms with E-state index in [2.05, 4.69) is 32.1 Å². The standard InChI is InChI=1S/C30H30N6O3/c1-30(2,3)39-29(38)35-19-17-34(18-20-35)26-12-8-7-11-24(26)33-28(37)25-15-16-36-27(32-25)23(21-31-36)14-13-22-9-5-4-6-10-22/h4-12,15-16,21H,17-20H2,1-3H3,(H,33,37). The minimum absolute atomic E-state index is 0.260. The Morgan fingerprint density at radius 2 is 1.64 bits per heavy atom. The minimum Gasteiger partial charge on any atom is -0.444 e. The lowest BCUT2D eigenvalue weighted by Gasteiger charge is -2.37. The highest BCUT2D eigenvalue weighted by atomic mass is 16.6. The number of carbonyl (C=O) groups is 2. The van der Waals surface area contributed by atoms with E-state index >= 15 is 0 Å². The highest BCUT2D eigenvalue weighted by molar-refractivity contribution is 6.05. The van der Waals surface area contributed by atoms with Crippen molar-refractivity contribution in [1.82, 2.24) is 19.5 Å². The van der Waals surface area contributed by atoms with Crippen LogP contribution in [0.25, 0.3) is 5.65 Å². The average molecular weight is 523 g/mol. The summed E-state index contributed by atoms with van der Waals surface area (Å²) in [5.41, 5.74) is 3.31. The summed E-state index contributed by atoms with van der Waals surface area (Å²) in [5, 5.41) is 7.31. The number of anilines is 2. The first-order chi connectivity index (χ1) is 18.8. The molecule has 0 spiro atoms. The lowest BCUT2D eigenvalue weighted by Crippen LogP contribution is -2.50. The fourth-order valence-electron chi connectivity index (χ4n) is 4.24. The van der Waals surface area contributed by atoms with Crippen molar-refractivity contribution in [3.05, 3.63) is 89.9 Å².